The van der Waals surface area contributed by atoms with Crippen molar-refractivity contribution in [2.45, 2.75) is 115 Å². The molecule has 0 spiro atoms. The highest BCUT2D eigenvalue weighted by atomic mass is 16.5. The molecule has 34 heavy (non-hydrogen) atoms. The van der Waals surface area contributed by atoms with Crippen LogP contribution in [0.1, 0.15) is 104 Å². The molecule has 188 valence electrons. The van der Waals surface area contributed by atoms with Crippen molar-refractivity contribution >= 4 is 0 Å². The Kier molecular flexibility index (Phi) is 9.98. The summed E-state index contributed by atoms with van der Waals surface area (Å²) in [5.41, 5.74) is -0.238. The molecule has 0 unspecified atom stereocenters. The fourth-order valence-electron chi connectivity index (χ4n) is 5.67. The van der Waals surface area contributed by atoms with Gasteiger partial charge in [0.25, 0.3) is 0 Å². The Morgan fingerprint density at radius 1 is 0.647 bits per heavy atom. The van der Waals surface area contributed by atoms with Crippen LogP contribution in [-0.2, 0) is 0 Å². The number of phenols is 2. The molecular formula is C30H44O4. The molecule has 0 amide bonds. The summed E-state index contributed by atoms with van der Waals surface area (Å²) in [5, 5.41) is 19.3. The minimum atomic E-state index is -0.144. The number of aromatic hydroxyl groups is 2. The summed E-state index contributed by atoms with van der Waals surface area (Å²) < 4.78 is 13.3. The summed E-state index contributed by atoms with van der Waals surface area (Å²) in [4.78, 5) is 0. The summed E-state index contributed by atoms with van der Waals surface area (Å²) in [5.74, 6) is 1.86. The third-order valence-corrected chi connectivity index (χ3v) is 7.30. The highest BCUT2D eigenvalue weighted by molar-refractivity contribution is 5.51. The van der Waals surface area contributed by atoms with E-state index in [0.717, 1.165) is 57.1 Å². The first-order chi connectivity index (χ1) is 16.5. The summed E-state index contributed by atoms with van der Waals surface area (Å²) in [7, 11) is 0. The highest BCUT2D eigenvalue weighted by Gasteiger charge is 2.37. The molecule has 0 bridgehead atoms. The van der Waals surface area contributed by atoms with Crippen molar-refractivity contribution in [1.82, 2.24) is 0 Å². The van der Waals surface area contributed by atoms with E-state index in [1.54, 1.807) is 30.3 Å². The lowest BCUT2D eigenvalue weighted by Crippen LogP contribution is -2.40. The normalized spacial score (nSPS) is 18.9. The second-order valence-electron chi connectivity index (χ2n) is 10.1. The van der Waals surface area contributed by atoms with Gasteiger partial charge in [0.2, 0.25) is 5.75 Å². The van der Waals surface area contributed by atoms with Crippen LogP contribution in [0.4, 0.5) is 0 Å². The highest BCUT2D eigenvalue weighted by Crippen LogP contribution is 2.47. The Balaban J connectivity index is 0.000000396. The Bertz CT molecular complexity index is 825. The Morgan fingerprint density at radius 2 is 1.18 bits per heavy atom. The lowest BCUT2D eigenvalue weighted by molar-refractivity contribution is -0.00431. The number of rotatable bonds is 8. The van der Waals surface area contributed by atoms with E-state index in [-0.39, 0.29) is 17.0 Å². The second-order valence-corrected chi connectivity index (χ2v) is 10.1. The fourth-order valence-corrected chi connectivity index (χ4v) is 5.67. The lowest BCUT2D eigenvalue weighted by Gasteiger charge is -2.41. The minimum absolute atomic E-state index is 0.0939. The van der Waals surface area contributed by atoms with Crippen LogP contribution in [-0.4, -0.2) is 21.4 Å². The fraction of sp³-hybridized carbons (Fsp3) is 0.600. The molecule has 2 aromatic rings. The molecule has 2 aliphatic rings. The number of ether oxygens (including phenoxy) is 2. The van der Waals surface area contributed by atoms with E-state index >= 15 is 0 Å². The summed E-state index contributed by atoms with van der Waals surface area (Å²) in [6, 6.07) is 14.3. The maximum absolute atomic E-state index is 10.6. The van der Waals surface area contributed by atoms with Crippen LogP contribution >= 0.6 is 0 Å². The molecule has 0 aromatic heterocycles. The van der Waals surface area contributed by atoms with E-state index in [0.29, 0.717) is 11.5 Å². The van der Waals surface area contributed by atoms with Crippen LogP contribution < -0.4 is 9.47 Å². The van der Waals surface area contributed by atoms with Crippen molar-refractivity contribution < 1.29 is 19.7 Å². The van der Waals surface area contributed by atoms with Gasteiger partial charge < -0.3 is 19.7 Å². The maximum atomic E-state index is 10.6. The molecule has 0 aliphatic heterocycles. The molecule has 2 aliphatic carbocycles. The van der Waals surface area contributed by atoms with Gasteiger partial charge in [-0.1, -0.05) is 63.8 Å². The second kappa shape index (κ2) is 12.9. The molecule has 2 fully saturated rings. The zero-order valence-electron chi connectivity index (χ0n) is 21.2. The molecule has 2 aromatic carbocycles. The zero-order chi connectivity index (χ0) is 24.3. The minimum Gasteiger partial charge on any atom is -0.508 e. The molecule has 4 nitrogen and oxygen atoms in total. The zero-order valence-corrected chi connectivity index (χ0v) is 21.2. The summed E-state index contributed by atoms with van der Waals surface area (Å²) in [6.07, 6.45) is 16.2. The Labute approximate surface area is 206 Å². The van der Waals surface area contributed by atoms with Gasteiger partial charge in [-0.3, -0.25) is 0 Å². The van der Waals surface area contributed by atoms with Crippen LogP contribution in [0.2, 0.25) is 0 Å². The van der Waals surface area contributed by atoms with E-state index in [4.69, 9.17) is 14.6 Å². The molecule has 2 N–H and O–H groups in total. The van der Waals surface area contributed by atoms with Gasteiger partial charge in [-0.15, -0.1) is 0 Å². The van der Waals surface area contributed by atoms with Gasteiger partial charge in [0, 0.05) is 0 Å². The average Bonchev–Trinajstić information content (AvgIpc) is 2.84. The average molecular weight is 469 g/mol. The standard InChI is InChI=1S/C24H38O3.C6H6O/c1-3-14-23(16-7-5-8-17-23)26-21-13-11-12-20(25)22(21)27-24(15-4-2)18-9-6-10-19-24;7-6-4-2-1-3-5-6/h11-13,25H,3-10,14-19H2,1-2H3;1-5,7H. The van der Waals surface area contributed by atoms with Crippen molar-refractivity contribution in [1.29, 1.82) is 0 Å². The van der Waals surface area contributed by atoms with E-state index in [1.807, 2.05) is 18.2 Å². The molecule has 0 radical (unpaired) electrons. The number of phenolic OH excluding ortho intramolecular Hbond substituents is 2. The van der Waals surface area contributed by atoms with Crippen molar-refractivity contribution in [3.63, 3.8) is 0 Å². The van der Waals surface area contributed by atoms with Crippen molar-refractivity contribution in [3.8, 4) is 23.0 Å². The van der Waals surface area contributed by atoms with E-state index < -0.39 is 0 Å². The van der Waals surface area contributed by atoms with Gasteiger partial charge in [-0.25, -0.2) is 0 Å². The molecule has 4 rings (SSSR count). The summed E-state index contributed by atoms with van der Waals surface area (Å²) >= 11 is 0. The molecule has 0 saturated heterocycles. The third kappa shape index (κ3) is 7.32. The molecule has 4 heteroatoms. The Hall–Kier alpha value is -2.36. The van der Waals surface area contributed by atoms with Crippen LogP contribution in [0, 0.1) is 0 Å². The van der Waals surface area contributed by atoms with E-state index in [9.17, 15) is 5.11 Å². The van der Waals surface area contributed by atoms with Crippen molar-refractivity contribution in [3.05, 3.63) is 48.5 Å². The molecular weight excluding hydrogens is 424 g/mol. The monoisotopic (exact) mass is 468 g/mol. The topological polar surface area (TPSA) is 58.9 Å². The van der Waals surface area contributed by atoms with Gasteiger partial charge in [0.05, 0.1) is 0 Å². The first-order valence-corrected chi connectivity index (χ1v) is 13.5. The number of benzene rings is 2. The van der Waals surface area contributed by atoms with Crippen LogP contribution in [0.15, 0.2) is 48.5 Å². The number of hydrogen-bond donors (Lipinski definition) is 2. The molecule has 0 atom stereocenters. The molecule has 2 saturated carbocycles. The summed E-state index contributed by atoms with van der Waals surface area (Å²) in [6.45, 7) is 4.46. The van der Waals surface area contributed by atoms with Crippen LogP contribution in [0.5, 0.6) is 23.0 Å². The number of para-hydroxylation sites is 2. The smallest absolute Gasteiger partial charge is 0.203 e. The SMILES string of the molecule is CCCC1(Oc2cccc(O)c2OC2(CCC)CCCCC2)CCCCC1.Oc1ccccc1. The largest absolute Gasteiger partial charge is 0.508 e. The third-order valence-electron chi connectivity index (χ3n) is 7.30. The van der Waals surface area contributed by atoms with Gasteiger partial charge in [-0.2, -0.15) is 0 Å². The first-order valence-electron chi connectivity index (χ1n) is 13.5. The van der Waals surface area contributed by atoms with Crippen LogP contribution in [0.25, 0.3) is 0 Å². The van der Waals surface area contributed by atoms with Crippen LogP contribution in [0.3, 0.4) is 0 Å². The Morgan fingerprint density at radius 3 is 1.65 bits per heavy atom. The van der Waals surface area contributed by atoms with Gasteiger partial charge in [-0.05, 0) is 88.5 Å². The first kappa shape index (κ1) is 26.2. The number of hydrogen-bond acceptors (Lipinski definition) is 4. The van der Waals surface area contributed by atoms with Gasteiger partial charge in [0.15, 0.2) is 11.5 Å². The quantitative estimate of drug-likeness (QED) is 0.407. The van der Waals surface area contributed by atoms with E-state index in [2.05, 4.69) is 13.8 Å². The van der Waals surface area contributed by atoms with Crippen molar-refractivity contribution in [2.75, 3.05) is 0 Å². The predicted molar refractivity (Wildman–Crippen MR) is 139 cm³/mol. The van der Waals surface area contributed by atoms with Gasteiger partial charge >= 0.3 is 0 Å². The molecule has 0 heterocycles. The van der Waals surface area contributed by atoms with Crippen molar-refractivity contribution in [2.24, 2.45) is 0 Å². The van der Waals surface area contributed by atoms with E-state index in [1.165, 1.54) is 38.5 Å². The maximum Gasteiger partial charge on any atom is 0.203 e. The lowest BCUT2D eigenvalue weighted by atomic mass is 9.81. The predicted octanol–water partition coefficient (Wildman–Crippen LogP) is 8.55. The van der Waals surface area contributed by atoms with Gasteiger partial charge in [0.1, 0.15) is 17.0 Å².